The first-order valence-corrected chi connectivity index (χ1v) is 17.0. The molecule has 0 radical (unpaired) electrons. The molecule has 1 fully saturated rings. The number of nitrogens with one attached hydrogen (secondary N) is 1. The Morgan fingerprint density at radius 1 is 0.864 bits per heavy atom. The minimum atomic E-state index is -3.66. The van der Waals surface area contributed by atoms with Crippen LogP contribution < -0.4 is 5.32 Å². The molecule has 0 bridgehead atoms. The van der Waals surface area contributed by atoms with Crippen molar-refractivity contribution in [2.45, 2.75) is 56.6 Å². The zero-order valence-electron chi connectivity index (χ0n) is 25.7. The number of rotatable bonds is 12. The Morgan fingerprint density at radius 3 is 2.27 bits per heavy atom. The van der Waals surface area contributed by atoms with Crippen LogP contribution in [0.3, 0.4) is 0 Å². The van der Waals surface area contributed by atoms with Gasteiger partial charge < -0.3 is 15.0 Å². The molecule has 2 amide bonds. The van der Waals surface area contributed by atoms with Crippen molar-refractivity contribution < 1.29 is 17.9 Å². The highest BCUT2D eigenvalue weighted by atomic mass is 32.2. The van der Waals surface area contributed by atoms with Gasteiger partial charge in [-0.1, -0.05) is 84.9 Å². The van der Waals surface area contributed by atoms with Gasteiger partial charge in [-0.25, -0.2) is 13.2 Å². The van der Waals surface area contributed by atoms with Gasteiger partial charge in [0.05, 0.1) is 10.9 Å². The zero-order chi connectivity index (χ0) is 30.9. The summed E-state index contributed by atoms with van der Waals surface area (Å²) in [6, 6.07) is 30.5. The summed E-state index contributed by atoms with van der Waals surface area (Å²) in [5.41, 5.74) is 2.89. The minimum absolute atomic E-state index is 0.128. The third kappa shape index (κ3) is 8.05. The highest BCUT2D eigenvalue weighted by Crippen LogP contribution is 2.25. The lowest BCUT2D eigenvalue weighted by molar-refractivity contribution is 0.0625. The predicted molar refractivity (Wildman–Crippen MR) is 176 cm³/mol. The van der Waals surface area contributed by atoms with E-state index in [1.54, 1.807) is 19.2 Å². The van der Waals surface area contributed by atoms with Crippen LogP contribution in [0.2, 0.25) is 0 Å². The molecule has 232 valence electrons. The van der Waals surface area contributed by atoms with Crippen molar-refractivity contribution in [3.8, 4) is 0 Å². The Hall–Kier alpha value is -3.72. The summed E-state index contributed by atoms with van der Waals surface area (Å²) in [6.45, 7) is 4.94. The van der Waals surface area contributed by atoms with Gasteiger partial charge >= 0.3 is 6.03 Å². The molecule has 1 saturated heterocycles. The maximum Gasteiger partial charge on any atom is 0.318 e. The van der Waals surface area contributed by atoms with E-state index in [1.165, 1.54) is 4.31 Å². The first-order valence-electron chi connectivity index (χ1n) is 15.5. The van der Waals surface area contributed by atoms with Crippen LogP contribution in [0.5, 0.6) is 0 Å². The Kier molecular flexibility index (Phi) is 10.7. The largest absolute Gasteiger partial charge is 0.381 e. The van der Waals surface area contributed by atoms with Gasteiger partial charge in [-0.3, -0.25) is 0 Å². The molecule has 0 aromatic heterocycles. The fourth-order valence-electron chi connectivity index (χ4n) is 5.93. The first kappa shape index (κ1) is 31.7. The van der Waals surface area contributed by atoms with Crippen LogP contribution in [0, 0.1) is 5.92 Å². The lowest BCUT2D eigenvalue weighted by Gasteiger charge is -2.28. The number of carbonyl (C=O) groups is 1. The fourth-order valence-corrected chi connectivity index (χ4v) is 7.09. The summed E-state index contributed by atoms with van der Waals surface area (Å²) in [4.78, 5) is 15.8. The summed E-state index contributed by atoms with van der Waals surface area (Å²) in [5, 5.41) is 5.51. The third-order valence-corrected chi connectivity index (χ3v) is 10.4. The molecule has 4 aromatic rings. The van der Waals surface area contributed by atoms with E-state index in [4.69, 9.17) is 4.74 Å². The van der Waals surface area contributed by atoms with Crippen LogP contribution in [0.4, 0.5) is 4.79 Å². The zero-order valence-corrected chi connectivity index (χ0v) is 26.5. The van der Waals surface area contributed by atoms with Crippen molar-refractivity contribution in [3.63, 3.8) is 0 Å². The predicted octanol–water partition coefficient (Wildman–Crippen LogP) is 7.14. The monoisotopic (exact) mass is 613 g/mol. The highest BCUT2D eigenvalue weighted by Gasteiger charge is 2.23. The van der Waals surface area contributed by atoms with Crippen molar-refractivity contribution in [2.24, 2.45) is 5.92 Å². The quantitative estimate of drug-likeness (QED) is 0.184. The van der Waals surface area contributed by atoms with Gasteiger partial charge in [0.1, 0.15) is 0 Å². The van der Waals surface area contributed by atoms with E-state index >= 15 is 0 Å². The Balaban J connectivity index is 1.28. The molecule has 8 heteroatoms. The molecule has 1 aliphatic rings. The number of carbonyl (C=O) groups excluding carboxylic acids is 1. The average molecular weight is 614 g/mol. The van der Waals surface area contributed by atoms with Gasteiger partial charge in [0.2, 0.25) is 10.0 Å². The second kappa shape index (κ2) is 14.8. The molecule has 0 saturated carbocycles. The summed E-state index contributed by atoms with van der Waals surface area (Å²) in [6.07, 6.45) is 4.09. The van der Waals surface area contributed by atoms with Crippen LogP contribution in [0.15, 0.2) is 102 Å². The number of sulfonamides is 1. The van der Waals surface area contributed by atoms with E-state index in [9.17, 15) is 13.2 Å². The molecular weight excluding hydrogens is 570 g/mol. The van der Waals surface area contributed by atoms with E-state index in [1.807, 2.05) is 72.5 Å². The normalized spacial score (nSPS) is 14.9. The van der Waals surface area contributed by atoms with E-state index in [-0.39, 0.29) is 17.0 Å². The molecule has 5 rings (SSSR count). The number of benzene rings is 4. The Labute approximate surface area is 261 Å². The molecule has 1 aliphatic heterocycles. The number of urea groups is 1. The van der Waals surface area contributed by atoms with E-state index in [2.05, 4.69) is 29.6 Å². The van der Waals surface area contributed by atoms with Gasteiger partial charge in [-0.2, -0.15) is 4.31 Å². The summed E-state index contributed by atoms with van der Waals surface area (Å²) < 4.78 is 33.4. The highest BCUT2D eigenvalue weighted by molar-refractivity contribution is 7.89. The summed E-state index contributed by atoms with van der Waals surface area (Å²) >= 11 is 0. The molecule has 0 aliphatic carbocycles. The molecule has 1 heterocycles. The standard InChI is InChI=1S/C36H43N3O4S/c1-28(34-16-8-14-32-13-6-7-15-35(32)34)37-36(40)39(23-9-12-29-21-24-43-25-22-29)27-31-17-19-33(20-18-31)44(41,42)38(2)26-30-10-4-3-5-11-30/h3-8,10-11,13-20,28-29H,9,12,21-27H2,1-2H3,(H,37,40). The average Bonchev–Trinajstić information content (AvgIpc) is 3.05. The number of ether oxygens (including phenoxy) is 1. The van der Waals surface area contributed by atoms with Crippen molar-refractivity contribution in [2.75, 3.05) is 26.8 Å². The maximum atomic E-state index is 13.7. The molecule has 44 heavy (non-hydrogen) atoms. The molecule has 0 spiro atoms. The van der Waals surface area contributed by atoms with Crippen LogP contribution in [0.1, 0.15) is 55.3 Å². The third-order valence-electron chi connectivity index (χ3n) is 8.55. The van der Waals surface area contributed by atoms with E-state index < -0.39 is 10.0 Å². The van der Waals surface area contributed by atoms with Crippen LogP contribution in [-0.4, -0.2) is 50.5 Å². The van der Waals surface area contributed by atoms with Crippen molar-refractivity contribution in [1.82, 2.24) is 14.5 Å². The summed E-state index contributed by atoms with van der Waals surface area (Å²) in [5.74, 6) is 0.626. The van der Waals surface area contributed by atoms with Crippen molar-refractivity contribution >= 4 is 26.8 Å². The minimum Gasteiger partial charge on any atom is -0.381 e. The van der Waals surface area contributed by atoms with Gasteiger partial charge in [0.15, 0.2) is 0 Å². The van der Waals surface area contributed by atoms with Crippen LogP contribution in [0.25, 0.3) is 10.8 Å². The van der Waals surface area contributed by atoms with E-state index in [0.29, 0.717) is 25.6 Å². The van der Waals surface area contributed by atoms with Crippen LogP contribution >= 0.6 is 0 Å². The molecule has 4 aromatic carbocycles. The number of amides is 2. The number of hydrogen-bond acceptors (Lipinski definition) is 4. The van der Waals surface area contributed by atoms with Crippen molar-refractivity contribution in [1.29, 1.82) is 0 Å². The molecule has 1 N–H and O–H groups in total. The SMILES string of the molecule is CC(NC(=O)N(CCCC1CCOCC1)Cc1ccc(S(=O)(=O)N(C)Cc2ccccc2)cc1)c1cccc2ccccc12. The van der Waals surface area contributed by atoms with Gasteiger partial charge in [0.25, 0.3) is 0 Å². The molecular formula is C36H43N3O4S. The van der Waals surface area contributed by atoms with Gasteiger partial charge in [-0.15, -0.1) is 0 Å². The van der Waals surface area contributed by atoms with Gasteiger partial charge in [-0.05, 0) is 78.1 Å². The van der Waals surface area contributed by atoms with E-state index in [0.717, 1.165) is 66.4 Å². The first-order chi connectivity index (χ1) is 21.3. The summed E-state index contributed by atoms with van der Waals surface area (Å²) in [7, 11) is -2.06. The topological polar surface area (TPSA) is 79.0 Å². The van der Waals surface area contributed by atoms with Crippen LogP contribution in [-0.2, 0) is 27.8 Å². The lowest BCUT2D eigenvalue weighted by atomic mass is 9.95. The molecule has 7 nitrogen and oxygen atoms in total. The molecule has 1 atom stereocenters. The Morgan fingerprint density at radius 2 is 1.52 bits per heavy atom. The Bertz CT molecular complexity index is 1620. The number of hydrogen-bond donors (Lipinski definition) is 1. The lowest BCUT2D eigenvalue weighted by Crippen LogP contribution is -2.41. The maximum absolute atomic E-state index is 13.7. The smallest absolute Gasteiger partial charge is 0.318 e. The second-order valence-electron chi connectivity index (χ2n) is 11.7. The number of fused-ring (bicyclic) bond motifs is 1. The fraction of sp³-hybridized carbons (Fsp3) is 0.361. The van der Waals surface area contributed by atoms with Crippen molar-refractivity contribution in [3.05, 3.63) is 114 Å². The van der Waals surface area contributed by atoms with Gasteiger partial charge in [0, 0.05) is 39.9 Å². The second-order valence-corrected chi connectivity index (χ2v) is 13.8. The molecule has 1 unspecified atom stereocenters. The number of nitrogens with zero attached hydrogens (tertiary/aromatic N) is 2.